The standard InChI is InChI=1S/C15H11N3O3/c19-15-10-2-1-5-16-14(10)13(17-18-15)9-3-4-11-12(8-9)21-7-6-20-11/h1-5,8H,6-7H2,(H,18,19). The summed E-state index contributed by atoms with van der Waals surface area (Å²) in [5, 5.41) is 7.14. The smallest absolute Gasteiger partial charge is 0.273 e. The number of nitrogens with zero attached hydrogens (tertiary/aromatic N) is 2. The van der Waals surface area contributed by atoms with E-state index in [9.17, 15) is 4.79 Å². The SMILES string of the molecule is O=c1[nH]nc(-c2ccc3c(c2)OCCO3)c2ncccc12. The first-order valence-corrected chi connectivity index (χ1v) is 6.56. The van der Waals surface area contributed by atoms with E-state index in [1.54, 1.807) is 18.3 Å². The number of aromatic amines is 1. The fourth-order valence-electron chi connectivity index (χ4n) is 2.39. The molecule has 3 heterocycles. The molecule has 104 valence electrons. The molecule has 1 aliphatic heterocycles. The van der Waals surface area contributed by atoms with Gasteiger partial charge < -0.3 is 9.47 Å². The lowest BCUT2D eigenvalue weighted by atomic mass is 10.1. The van der Waals surface area contributed by atoms with Crippen molar-refractivity contribution in [1.82, 2.24) is 15.2 Å². The van der Waals surface area contributed by atoms with E-state index < -0.39 is 0 Å². The minimum Gasteiger partial charge on any atom is -0.486 e. The van der Waals surface area contributed by atoms with E-state index in [0.29, 0.717) is 41.3 Å². The molecule has 0 amide bonds. The number of benzene rings is 1. The number of hydrogen-bond acceptors (Lipinski definition) is 5. The largest absolute Gasteiger partial charge is 0.486 e. The number of ether oxygens (including phenoxy) is 2. The Balaban J connectivity index is 1.95. The number of pyridine rings is 1. The van der Waals surface area contributed by atoms with Gasteiger partial charge in [-0.15, -0.1) is 0 Å². The van der Waals surface area contributed by atoms with Crippen LogP contribution in [0, 0.1) is 0 Å². The van der Waals surface area contributed by atoms with Crippen LogP contribution >= 0.6 is 0 Å². The molecule has 0 aliphatic carbocycles. The van der Waals surface area contributed by atoms with Gasteiger partial charge in [0, 0.05) is 11.8 Å². The van der Waals surface area contributed by atoms with Crippen molar-refractivity contribution in [2.24, 2.45) is 0 Å². The van der Waals surface area contributed by atoms with E-state index in [2.05, 4.69) is 15.2 Å². The van der Waals surface area contributed by atoms with E-state index >= 15 is 0 Å². The van der Waals surface area contributed by atoms with Gasteiger partial charge in [-0.3, -0.25) is 9.78 Å². The van der Waals surface area contributed by atoms with E-state index in [1.807, 2.05) is 18.2 Å². The third-order valence-corrected chi connectivity index (χ3v) is 3.36. The third kappa shape index (κ3) is 1.92. The number of hydrogen-bond donors (Lipinski definition) is 1. The molecule has 1 aliphatic rings. The zero-order valence-corrected chi connectivity index (χ0v) is 11.0. The molecule has 2 aromatic heterocycles. The van der Waals surface area contributed by atoms with Crippen LogP contribution in [0.5, 0.6) is 11.5 Å². The van der Waals surface area contributed by atoms with Crippen molar-refractivity contribution in [3.05, 3.63) is 46.9 Å². The van der Waals surface area contributed by atoms with Crippen LogP contribution in [0.15, 0.2) is 41.3 Å². The van der Waals surface area contributed by atoms with Crippen LogP contribution in [0.25, 0.3) is 22.2 Å². The predicted octanol–water partition coefficient (Wildman–Crippen LogP) is 1.76. The second-order valence-electron chi connectivity index (χ2n) is 4.66. The molecule has 0 unspecified atom stereocenters. The molecule has 6 heteroatoms. The lowest BCUT2D eigenvalue weighted by molar-refractivity contribution is 0.171. The summed E-state index contributed by atoms with van der Waals surface area (Å²) in [6, 6.07) is 9.02. The Labute approximate surface area is 119 Å². The summed E-state index contributed by atoms with van der Waals surface area (Å²) < 4.78 is 11.1. The Bertz CT molecular complexity index is 889. The topological polar surface area (TPSA) is 77.1 Å². The summed E-state index contributed by atoms with van der Waals surface area (Å²) in [6.45, 7) is 1.07. The Morgan fingerprint density at radius 3 is 2.86 bits per heavy atom. The number of fused-ring (bicyclic) bond motifs is 2. The van der Waals surface area contributed by atoms with Crippen molar-refractivity contribution in [2.45, 2.75) is 0 Å². The Morgan fingerprint density at radius 1 is 1.10 bits per heavy atom. The average molecular weight is 281 g/mol. The van der Waals surface area contributed by atoms with Gasteiger partial charge in [0.05, 0.1) is 5.39 Å². The summed E-state index contributed by atoms with van der Waals surface area (Å²) in [5.41, 5.74) is 1.75. The molecule has 4 rings (SSSR count). The Morgan fingerprint density at radius 2 is 1.95 bits per heavy atom. The van der Waals surface area contributed by atoms with Crippen LogP contribution in [0.1, 0.15) is 0 Å². The van der Waals surface area contributed by atoms with Gasteiger partial charge in [0.25, 0.3) is 5.56 Å². The highest BCUT2D eigenvalue weighted by Gasteiger charge is 2.15. The highest BCUT2D eigenvalue weighted by atomic mass is 16.6. The molecule has 0 fully saturated rings. The molecule has 3 aromatic rings. The maximum atomic E-state index is 11.8. The molecule has 6 nitrogen and oxygen atoms in total. The highest BCUT2D eigenvalue weighted by molar-refractivity contribution is 5.90. The minimum atomic E-state index is -0.251. The van der Waals surface area contributed by atoms with E-state index in [-0.39, 0.29) is 5.56 Å². The molecular weight excluding hydrogens is 270 g/mol. The number of aromatic nitrogens is 3. The van der Waals surface area contributed by atoms with Crippen LogP contribution in [0.3, 0.4) is 0 Å². The Kier molecular flexibility index (Phi) is 2.60. The lowest BCUT2D eigenvalue weighted by Crippen LogP contribution is -2.15. The van der Waals surface area contributed by atoms with Gasteiger partial charge in [-0.05, 0) is 30.3 Å². The first kappa shape index (κ1) is 11.9. The molecule has 0 saturated carbocycles. The van der Waals surface area contributed by atoms with E-state index in [1.165, 1.54) is 0 Å². The second kappa shape index (κ2) is 4.59. The van der Waals surface area contributed by atoms with Crippen molar-refractivity contribution in [1.29, 1.82) is 0 Å². The van der Waals surface area contributed by atoms with Crippen LogP contribution in [0.2, 0.25) is 0 Å². The van der Waals surface area contributed by atoms with Crippen molar-refractivity contribution in [2.75, 3.05) is 13.2 Å². The molecule has 0 spiro atoms. The lowest BCUT2D eigenvalue weighted by Gasteiger charge is -2.18. The molecule has 0 bridgehead atoms. The second-order valence-corrected chi connectivity index (χ2v) is 4.66. The third-order valence-electron chi connectivity index (χ3n) is 3.36. The minimum absolute atomic E-state index is 0.251. The molecular formula is C15H11N3O3. The fourth-order valence-corrected chi connectivity index (χ4v) is 2.39. The quantitative estimate of drug-likeness (QED) is 0.735. The van der Waals surface area contributed by atoms with Crippen LogP contribution in [0.4, 0.5) is 0 Å². The van der Waals surface area contributed by atoms with Gasteiger partial charge in [0.2, 0.25) is 0 Å². The van der Waals surface area contributed by atoms with Gasteiger partial charge >= 0.3 is 0 Å². The van der Waals surface area contributed by atoms with E-state index in [0.717, 1.165) is 5.56 Å². The summed E-state index contributed by atoms with van der Waals surface area (Å²) in [4.78, 5) is 16.1. The van der Waals surface area contributed by atoms with E-state index in [4.69, 9.17) is 9.47 Å². The zero-order chi connectivity index (χ0) is 14.2. The summed E-state index contributed by atoms with van der Waals surface area (Å²) >= 11 is 0. The Hall–Kier alpha value is -2.89. The number of rotatable bonds is 1. The molecule has 0 atom stereocenters. The van der Waals surface area contributed by atoms with Gasteiger partial charge in [-0.2, -0.15) is 5.10 Å². The normalized spacial score (nSPS) is 13.3. The number of nitrogens with one attached hydrogen (secondary N) is 1. The molecule has 0 saturated heterocycles. The predicted molar refractivity (Wildman–Crippen MR) is 76.6 cm³/mol. The van der Waals surface area contributed by atoms with Crippen molar-refractivity contribution < 1.29 is 9.47 Å². The van der Waals surface area contributed by atoms with Gasteiger partial charge in [-0.25, -0.2) is 5.10 Å². The fraction of sp³-hybridized carbons (Fsp3) is 0.133. The number of H-pyrrole nitrogens is 1. The average Bonchev–Trinajstić information content (AvgIpc) is 2.55. The van der Waals surface area contributed by atoms with Crippen molar-refractivity contribution in [3.8, 4) is 22.8 Å². The van der Waals surface area contributed by atoms with Crippen LogP contribution in [-0.2, 0) is 0 Å². The maximum Gasteiger partial charge on any atom is 0.273 e. The summed E-state index contributed by atoms with van der Waals surface area (Å²) in [6.07, 6.45) is 1.64. The summed E-state index contributed by atoms with van der Waals surface area (Å²) in [5.74, 6) is 1.39. The van der Waals surface area contributed by atoms with Gasteiger partial charge in [0.1, 0.15) is 24.4 Å². The molecule has 21 heavy (non-hydrogen) atoms. The highest BCUT2D eigenvalue weighted by Crippen LogP contribution is 2.34. The van der Waals surface area contributed by atoms with Crippen molar-refractivity contribution in [3.63, 3.8) is 0 Å². The first-order chi connectivity index (χ1) is 10.3. The first-order valence-electron chi connectivity index (χ1n) is 6.56. The van der Waals surface area contributed by atoms with Gasteiger partial charge in [0.15, 0.2) is 11.5 Å². The molecule has 1 aromatic carbocycles. The summed E-state index contributed by atoms with van der Waals surface area (Å²) in [7, 11) is 0. The van der Waals surface area contributed by atoms with Crippen molar-refractivity contribution >= 4 is 10.9 Å². The monoisotopic (exact) mass is 281 g/mol. The molecule has 0 radical (unpaired) electrons. The van der Waals surface area contributed by atoms with Gasteiger partial charge in [-0.1, -0.05) is 0 Å². The molecule has 1 N–H and O–H groups in total. The van der Waals surface area contributed by atoms with Crippen LogP contribution < -0.4 is 15.0 Å². The maximum absolute atomic E-state index is 11.8. The zero-order valence-electron chi connectivity index (χ0n) is 11.0. The van der Waals surface area contributed by atoms with Crippen LogP contribution in [-0.4, -0.2) is 28.4 Å².